The topological polar surface area (TPSA) is 24.1 Å². The van der Waals surface area contributed by atoms with Crippen LogP contribution in [-0.2, 0) is 6.42 Å². The lowest BCUT2D eigenvalue weighted by Gasteiger charge is -2.03. The summed E-state index contributed by atoms with van der Waals surface area (Å²) < 4.78 is 12.6. The van der Waals surface area contributed by atoms with E-state index in [0.717, 1.165) is 23.5 Å². The minimum atomic E-state index is -0.204. The average Bonchev–Trinajstić information content (AvgIpc) is 2.56. The highest BCUT2D eigenvalue weighted by Crippen LogP contribution is 2.10. The van der Waals surface area contributed by atoms with Crippen molar-refractivity contribution in [1.82, 2.24) is 10.6 Å². The number of hydrogen-bond donors (Lipinski definition) is 2. The lowest BCUT2D eigenvalue weighted by molar-refractivity contribution is 0.627. The van der Waals surface area contributed by atoms with Gasteiger partial charge in [-0.1, -0.05) is 18.7 Å². The molecular formula is C11H11FN2. The molecule has 0 unspecified atom stereocenters. The number of hydrogen-bond acceptors (Lipinski definition) is 2. The normalized spacial score (nSPS) is 14.6. The summed E-state index contributed by atoms with van der Waals surface area (Å²) in [5.41, 5.74) is 2.11. The van der Waals surface area contributed by atoms with E-state index in [4.69, 9.17) is 0 Å². The van der Waals surface area contributed by atoms with Crippen molar-refractivity contribution in [2.75, 3.05) is 0 Å². The number of rotatable bonds is 2. The van der Waals surface area contributed by atoms with E-state index in [2.05, 4.69) is 17.2 Å². The first-order valence-electron chi connectivity index (χ1n) is 4.40. The van der Waals surface area contributed by atoms with Crippen molar-refractivity contribution < 1.29 is 4.39 Å². The van der Waals surface area contributed by atoms with Gasteiger partial charge in [-0.3, -0.25) is 0 Å². The zero-order valence-electron chi connectivity index (χ0n) is 7.68. The van der Waals surface area contributed by atoms with E-state index in [9.17, 15) is 4.39 Å². The Balaban J connectivity index is 2.04. The van der Waals surface area contributed by atoms with Gasteiger partial charge in [0.05, 0.1) is 5.82 Å². The van der Waals surface area contributed by atoms with Crippen molar-refractivity contribution in [3.05, 3.63) is 59.9 Å². The Morgan fingerprint density at radius 1 is 1.21 bits per heavy atom. The van der Waals surface area contributed by atoms with Crippen molar-refractivity contribution in [3.8, 4) is 0 Å². The van der Waals surface area contributed by atoms with E-state index in [1.807, 2.05) is 6.20 Å². The van der Waals surface area contributed by atoms with Gasteiger partial charge in [-0.25, -0.2) is 4.39 Å². The first-order valence-corrected chi connectivity index (χ1v) is 4.40. The summed E-state index contributed by atoms with van der Waals surface area (Å²) in [4.78, 5) is 0. The maximum absolute atomic E-state index is 12.6. The molecule has 0 saturated carbocycles. The second-order valence-electron chi connectivity index (χ2n) is 3.22. The molecule has 1 aliphatic rings. The van der Waals surface area contributed by atoms with Crippen LogP contribution in [0.25, 0.3) is 0 Å². The fourth-order valence-corrected chi connectivity index (χ4v) is 1.36. The molecule has 1 aromatic rings. The monoisotopic (exact) mass is 190 g/mol. The van der Waals surface area contributed by atoms with Crippen molar-refractivity contribution in [2.24, 2.45) is 0 Å². The van der Waals surface area contributed by atoms with Crippen LogP contribution in [0, 0.1) is 5.82 Å². The Morgan fingerprint density at radius 2 is 1.93 bits per heavy atom. The number of nitrogens with one attached hydrogen (secondary N) is 2. The van der Waals surface area contributed by atoms with Crippen LogP contribution in [0.1, 0.15) is 5.56 Å². The Bertz CT molecular complexity index is 379. The Labute approximate surface area is 82.1 Å². The van der Waals surface area contributed by atoms with Crippen molar-refractivity contribution >= 4 is 0 Å². The summed E-state index contributed by atoms with van der Waals surface area (Å²) in [5.74, 6) is 0.576. The van der Waals surface area contributed by atoms with E-state index in [0.29, 0.717) is 0 Å². The first kappa shape index (κ1) is 8.81. The molecule has 1 aliphatic heterocycles. The van der Waals surface area contributed by atoms with Crippen LogP contribution in [0.5, 0.6) is 0 Å². The van der Waals surface area contributed by atoms with Gasteiger partial charge in [-0.05, 0) is 17.7 Å². The molecule has 14 heavy (non-hydrogen) atoms. The minimum Gasteiger partial charge on any atom is -0.347 e. The van der Waals surface area contributed by atoms with Crippen LogP contribution in [0.4, 0.5) is 4.39 Å². The second kappa shape index (κ2) is 3.54. The predicted octanol–water partition coefficient (Wildman–Crippen LogP) is 1.87. The summed E-state index contributed by atoms with van der Waals surface area (Å²) in [7, 11) is 0. The molecule has 3 heteroatoms. The Morgan fingerprint density at radius 3 is 2.50 bits per heavy atom. The van der Waals surface area contributed by atoms with Crippen LogP contribution in [0.3, 0.4) is 0 Å². The third-order valence-electron chi connectivity index (χ3n) is 2.04. The van der Waals surface area contributed by atoms with E-state index in [1.54, 1.807) is 12.1 Å². The van der Waals surface area contributed by atoms with Gasteiger partial charge >= 0.3 is 0 Å². The van der Waals surface area contributed by atoms with Gasteiger partial charge in [0.15, 0.2) is 0 Å². The van der Waals surface area contributed by atoms with E-state index >= 15 is 0 Å². The number of benzene rings is 1. The summed E-state index contributed by atoms with van der Waals surface area (Å²) in [5, 5.41) is 6.04. The van der Waals surface area contributed by atoms with Crippen LogP contribution in [0.15, 0.2) is 48.6 Å². The largest absolute Gasteiger partial charge is 0.347 e. The predicted molar refractivity (Wildman–Crippen MR) is 53.6 cm³/mol. The van der Waals surface area contributed by atoms with Gasteiger partial charge < -0.3 is 10.6 Å². The molecule has 0 amide bonds. The zero-order chi connectivity index (χ0) is 9.97. The maximum Gasteiger partial charge on any atom is 0.123 e. The van der Waals surface area contributed by atoms with Gasteiger partial charge in [0, 0.05) is 18.3 Å². The molecule has 2 nitrogen and oxygen atoms in total. The fourth-order valence-electron chi connectivity index (χ4n) is 1.36. The minimum absolute atomic E-state index is 0.204. The second-order valence-corrected chi connectivity index (χ2v) is 3.22. The van der Waals surface area contributed by atoms with E-state index in [1.165, 1.54) is 12.1 Å². The Hall–Kier alpha value is -1.77. The summed E-state index contributed by atoms with van der Waals surface area (Å²) in [6.45, 7) is 3.73. The fraction of sp³-hybridized carbons (Fsp3) is 0.0909. The molecule has 1 heterocycles. The smallest absolute Gasteiger partial charge is 0.123 e. The molecule has 0 fully saturated rings. The summed E-state index contributed by atoms with van der Waals surface area (Å²) in [6, 6.07) is 6.48. The van der Waals surface area contributed by atoms with Crippen LogP contribution < -0.4 is 10.6 Å². The average molecular weight is 190 g/mol. The summed E-state index contributed by atoms with van der Waals surface area (Å²) in [6.07, 6.45) is 2.62. The number of halogens is 1. The summed E-state index contributed by atoms with van der Waals surface area (Å²) >= 11 is 0. The molecule has 2 rings (SSSR count). The van der Waals surface area contributed by atoms with Crippen molar-refractivity contribution in [3.63, 3.8) is 0 Å². The molecule has 0 atom stereocenters. The molecule has 0 aliphatic carbocycles. The van der Waals surface area contributed by atoms with E-state index in [-0.39, 0.29) is 5.82 Å². The first-order chi connectivity index (χ1) is 6.74. The molecule has 0 saturated heterocycles. The molecule has 0 bridgehead atoms. The van der Waals surface area contributed by atoms with Gasteiger partial charge in [0.25, 0.3) is 0 Å². The van der Waals surface area contributed by atoms with Gasteiger partial charge in [0.1, 0.15) is 5.82 Å². The lowest BCUT2D eigenvalue weighted by Crippen LogP contribution is -2.11. The van der Waals surface area contributed by atoms with Crippen molar-refractivity contribution in [1.29, 1.82) is 0 Å². The van der Waals surface area contributed by atoms with Gasteiger partial charge in [0.2, 0.25) is 0 Å². The van der Waals surface area contributed by atoms with Gasteiger partial charge in [-0.2, -0.15) is 0 Å². The molecule has 72 valence electrons. The maximum atomic E-state index is 12.6. The molecule has 0 aromatic heterocycles. The quantitative estimate of drug-likeness (QED) is 0.744. The lowest BCUT2D eigenvalue weighted by atomic mass is 10.1. The standard InChI is InChI=1S/C11H11FN2/c1-8-13-7-11(14-8)6-9-2-4-10(12)5-3-9/h2-5,7,13-14H,1,6H2. The molecule has 0 spiro atoms. The Kier molecular flexibility index (Phi) is 2.23. The van der Waals surface area contributed by atoms with Crippen LogP contribution in [-0.4, -0.2) is 0 Å². The molecular weight excluding hydrogens is 179 g/mol. The highest BCUT2D eigenvalue weighted by atomic mass is 19.1. The highest BCUT2D eigenvalue weighted by Gasteiger charge is 2.06. The molecule has 1 aromatic carbocycles. The third kappa shape index (κ3) is 1.93. The molecule has 0 radical (unpaired) electrons. The van der Waals surface area contributed by atoms with Crippen molar-refractivity contribution in [2.45, 2.75) is 6.42 Å². The molecule has 2 N–H and O–H groups in total. The highest BCUT2D eigenvalue weighted by molar-refractivity contribution is 5.26. The van der Waals surface area contributed by atoms with Crippen LogP contribution >= 0.6 is 0 Å². The number of allylic oxidation sites excluding steroid dienone is 1. The van der Waals surface area contributed by atoms with Gasteiger partial charge in [-0.15, -0.1) is 0 Å². The third-order valence-corrected chi connectivity index (χ3v) is 2.04. The van der Waals surface area contributed by atoms with E-state index < -0.39 is 0 Å². The SMILES string of the molecule is C=C1NC=C(Cc2ccc(F)cc2)N1. The van der Waals surface area contributed by atoms with Crippen LogP contribution in [0.2, 0.25) is 0 Å². The zero-order valence-corrected chi connectivity index (χ0v) is 7.68.